The smallest absolute Gasteiger partial charge is 0.270 e. The first-order valence-corrected chi connectivity index (χ1v) is 17.9. The zero-order valence-electron chi connectivity index (χ0n) is 25.2. The Morgan fingerprint density at radius 3 is 2.55 bits per heavy atom. The zero-order valence-corrected chi connectivity index (χ0v) is 27.7. The summed E-state index contributed by atoms with van der Waals surface area (Å²) in [6.45, 7) is 16.6. The summed E-state index contributed by atoms with van der Waals surface area (Å²) >= 11 is 3.05. The molecule has 1 aliphatic heterocycles. The van der Waals surface area contributed by atoms with E-state index in [4.69, 9.17) is 0 Å². The number of fused-ring (bicyclic) bond motifs is 1. The minimum Gasteiger partial charge on any atom is -0.392 e. The minimum atomic E-state index is -3.60. The van der Waals surface area contributed by atoms with E-state index in [1.807, 2.05) is 78.1 Å². The van der Waals surface area contributed by atoms with Crippen molar-refractivity contribution in [2.75, 3.05) is 29.7 Å². The van der Waals surface area contributed by atoms with E-state index in [2.05, 4.69) is 21.8 Å². The van der Waals surface area contributed by atoms with Crippen molar-refractivity contribution in [3.05, 3.63) is 45.7 Å². The minimum absolute atomic E-state index is 0.353. The highest BCUT2D eigenvalue weighted by Crippen LogP contribution is 2.37. The van der Waals surface area contributed by atoms with E-state index in [-0.39, 0.29) is 6.10 Å². The molecule has 3 heterocycles. The number of rotatable bonds is 12. The molecule has 1 atom stereocenters. The topological polar surface area (TPSA) is 89.5 Å². The molecule has 224 valence electrons. The number of anilines is 1. The molecule has 0 fully saturated rings. The number of nitrogens with one attached hydrogen (secondary N) is 1. The molecule has 1 unspecified atom stereocenters. The van der Waals surface area contributed by atoms with Gasteiger partial charge in [-0.3, -0.25) is 9.21 Å². The van der Waals surface area contributed by atoms with Gasteiger partial charge in [0.25, 0.3) is 10.0 Å². The van der Waals surface area contributed by atoms with Gasteiger partial charge in [-0.25, -0.2) is 13.4 Å². The van der Waals surface area contributed by atoms with Gasteiger partial charge in [0.2, 0.25) is 0 Å². The van der Waals surface area contributed by atoms with E-state index in [1.54, 1.807) is 11.3 Å². The van der Waals surface area contributed by atoms with E-state index in [0.717, 1.165) is 71.0 Å². The summed E-state index contributed by atoms with van der Waals surface area (Å²) in [6.07, 6.45) is 7.40. The second-order valence-corrected chi connectivity index (χ2v) is 13.5. The predicted octanol–water partition coefficient (Wildman–Crippen LogP) is 7.85. The number of aromatic amines is 1. The summed E-state index contributed by atoms with van der Waals surface area (Å²) < 4.78 is 28.9. The van der Waals surface area contributed by atoms with Gasteiger partial charge in [0.1, 0.15) is 9.24 Å². The third-order valence-electron chi connectivity index (χ3n) is 6.15. The number of H-pyrrole nitrogens is 1. The number of sulfonamides is 1. The van der Waals surface area contributed by atoms with Crippen LogP contribution in [0.3, 0.4) is 0 Å². The molecule has 0 saturated heterocycles. The van der Waals surface area contributed by atoms with Crippen molar-refractivity contribution in [2.24, 2.45) is 0 Å². The van der Waals surface area contributed by atoms with Crippen LogP contribution < -0.4 is 4.31 Å². The fourth-order valence-corrected chi connectivity index (χ4v) is 8.56. The Morgan fingerprint density at radius 2 is 1.93 bits per heavy atom. The van der Waals surface area contributed by atoms with E-state index in [9.17, 15) is 13.5 Å². The fourth-order valence-electron chi connectivity index (χ4n) is 4.47. The van der Waals surface area contributed by atoms with Crippen molar-refractivity contribution in [1.82, 2.24) is 14.9 Å². The molecular formula is C30H48N4O3S3. The van der Waals surface area contributed by atoms with E-state index < -0.39 is 10.0 Å². The van der Waals surface area contributed by atoms with E-state index in [1.165, 1.54) is 16.1 Å². The summed E-state index contributed by atoms with van der Waals surface area (Å²) in [6, 6.07) is 7.82. The molecule has 0 bridgehead atoms. The maximum Gasteiger partial charge on any atom is 0.270 e. The summed E-state index contributed by atoms with van der Waals surface area (Å²) in [5, 5.41) is 11.7. The number of allylic oxidation sites excluding steroid dienone is 1. The number of aromatic nitrogens is 2. The highest BCUT2D eigenvalue weighted by Gasteiger charge is 2.29. The normalized spacial score (nSPS) is 14.2. The third-order valence-corrected chi connectivity index (χ3v) is 10.8. The molecule has 0 saturated carbocycles. The molecule has 0 radical (unpaired) electrons. The number of thioether (sulfide) groups is 1. The molecule has 3 aromatic rings. The molecule has 0 amide bonds. The van der Waals surface area contributed by atoms with Crippen LogP contribution in [-0.2, 0) is 16.6 Å². The maximum absolute atomic E-state index is 13.5. The van der Waals surface area contributed by atoms with Crippen molar-refractivity contribution in [1.29, 1.82) is 0 Å². The van der Waals surface area contributed by atoms with Gasteiger partial charge in [-0.05, 0) is 57.5 Å². The molecule has 0 aliphatic carbocycles. The van der Waals surface area contributed by atoms with Crippen LogP contribution in [-0.4, -0.2) is 59.9 Å². The van der Waals surface area contributed by atoms with Crippen LogP contribution in [0.5, 0.6) is 0 Å². The Hall–Kier alpha value is -1.85. The molecule has 7 nitrogen and oxygen atoms in total. The number of thiazole rings is 1. The number of hydrogen-bond donors (Lipinski definition) is 2. The monoisotopic (exact) mass is 608 g/mol. The highest BCUT2D eigenvalue weighted by molar-refractivity contribution is 8.19. The van der Waals surface area contributed by atoms with Gasteiger partial charge in [-0.15, -0.1) is 23.1 Å². The van der Waals surface area contributed by atoms with Gasteiger partial charge in [0.05, 0.1) is 23.0 Å². The first-order valence-electron chi connectivity index (χ1n) is 14.7. The van der Waals surface area contributed by atoms with Crippen molar-refractivity contribution >= 4 is 49.7 Å². The SMILES string of the molecule is CC.CC.CCCCN(Cc1cnc(-c2cc3cccc(N(CC)S(=O)(=O)C4=CCCCS4)c3[nH]2)s1)CC(C)O. The lowest BCUT2D eigenvalue weighted by atomic mass is 10.2. The second-order valence-electron chi connectivity index (χ2n) is 9.18. The number of benzene rings is 1. The Bertz CT molecular complexity index is 1300. The molecule has 2 N–H and O–H groups in total. The van der Waals surface area contributed by atoms with Crippen LogP contribution in [0, 0.1) is 0 Å². The quantitative estimate of drug-likeness (QED) is 0.218. The molecule has 10 heteroatoms. The van der Waals surface area contributed by atoms with Gasteiger partial charge in [-0.1, -0.05) is 59.2 Å². The third kappa shape index (κ3) is 8.82. The number of aliphatic hydroxyl groups is 1. The first-order chi connectivity index (χ1) is 19.3. The van der Waals surface area contributed by atoms with Crippen LogP contribution in [0.25, 0.3) is 21.6 Å². The largest absolute Gasteiger partial charge is 0.392 e. The van der Waals surface area contributed by atoms with Crippen LogP contribution in [0.15, 0.2) is 40.8 Å². The molecule has 0 spiro atoms. The molecule has 40 heavy (non-hydrogen) atoms. The summed E-state index contributed by atoms with van der Waals surface area (Å²) in [7, 11) is -3.60. The second kappa shape index (κ2) is 17.2. The number of unbranched alkanes of at least 4 members (excludes halogenated alkanes) is 1. The number of aliphatic hydroxyl groups excluding tert-OH is 1. The standard InChI is InChI=1S/C26H36N4O3S3.2C2H6/c1-4-6-13-29(17-19(3)31)18-21-16-27-26(35-21)22-15-20-10-9-11-23(25(20)28-22)30(5-2)36(32,33)24-12-7-8-14-34-24;2*1-2/h9-12,15-16,19,28,31H,4-8,13-14,17-18H2,1-3H3;2*1-2H3. The molecule has 2 aromatic heterocycles. The molecule has 1 aromatic carbocycles. The van der Waals surface area contributed by atoms with Crippen LogP contribution >= 0.6 is 23.1 Å². The Labute approximate surface area is 250 Å². The summed E-state index contributed by atoms with van der Waals surface area (Å²) in [5.41, 5.74) is 2.34. The Balaban J connectivity index is 0.00000134. The predicted molar refractivity (Wildman–Crippen MR) is 176 cm³/mol. The lowest BCUT2D eigenvalue weighted by Crippen LogP contribution is -2.31. The van der Waals surface area contributed by atoms with Crippen molar-refractivity contribution in [2.45, 2.75) is 86.8 Å². The number of hydrogen-bond acceptors (Lipinski definition) is 7. The summed E-state index contributed by atoms with van der Waals surface area (Å²) in [5.74, 6) is 0.832. The van der Waals surface area contributed by atoms with Gasteiger partial charge in [-0.2, -0.15) is 0 Å². The molecule has 1 aliphatic rings. The van der Waals surface area contributed by atoms with Gasteiger partial charge in [0.15, 0.2) is 0 Å². The van der Waals surface area contributed by atoms with E-state index >= 15 is 0 Å². The fraction of sp³-hybridized carbons (Fsp3) is 0.567. The Morgan fingerprint density at radius 1 is 1.18 bits per heavy atom. The van der Waals surface area contributed by atoms with Crippen LogP contribution in [0.4, 0.5) is 5.69 Å². The van der Waals surface area contributed by atoms with Gasteiger partial charge < -0.3 is 10.1 Å². The zero-order chi connectivity index (χ0) is 29.7. The van der Waals surface area contributed by atoms with Crippen LogP contribution in [0.1, 0.15) is 79.0 Å². The van der Waals surface area contributed by atoms with Gasteiger partial charge >= 0.3 is 0 Å². The molecular weight excluding hydrogens is 561 g/mol. The number of nitrogens with zero attached hydrogens (tertiary/aromatic N) is 3. The lowest BCUT2D eigenvalue weighted by molar-refractivity contribution is 0.122. The summed E-state index contributed by atoms with van der Waals surface area (Å²) in [4.78, 5) is 11.5. The van der Waals surface area contributed by atoms with Gasteiger partial charge in [0, 0.05) is 36.1 Å². The Kier molecular flexibility index (Phi) is 14.8. The molecule has 4 rings (SSSR count). The maximum atomic E-state index is 13.5. The highest BCUT2D eigenvalue weighted by atomic mass is 32.3. The average Bonchev–Trinajstić information content (AvgIpc) is 3.62. The average molecular weight is 609 g/mol. The van der Waals surface area contributed by atoms with Crippen molar-refractivity contribution in [3.8, 4) is 10.7 Å². The van der Waals surface area contributed by atoms with Crippen molar-refractivity contribution < 1.29 is 13.5 Å². The first kappa shape index (κ1) is 34.4. The lowest BCUT2D eigenvalue weighted by Gasteiger charge is -2.25. The van der Waals surface area contributed by atoms with Crippen LogP contribution in [0.2, 0.25) is 0 Å². The number of para-hydroxylation sites is 1. The van der Waals surface area contributed by atoms with E-state index in [0.29, 0.717) is 23.0 Å². The van der Waals surface area contributed by atoms with Crippen molar-refractivity contribution in [3.63, 3.8) is 0 Å².